The molecule has 0 N–H and O–H groups in total. The standard InChI is InChI=1S/C14H25ClN2O/c15-13-11-14(18)17(12-13)10-6-5-9-16-7-3-1-2-4-8-16/h13H,1-12H2. The number of unbranched alkanes of at least 4 members (excludes halogenated alkanes) is 1. The molecule has 1 atom stereocenters. The highest BCUT2D eigenvalue weighted by molar-refractivity contribution is 6.22. The number of nitrogens with zero attached hydrogens (tertiary/aromatic N) is 2. The molecule has 0 bridgehead atoms. The van der Waals surface area contributed by atoms with Crippen LogP contribution in [0.25, 0.3) is 0 Å². The molecule has 0 aromatic heterocycles. The van der Waals surface area contributed by atoms with Gasteiger partial charge in [0.25, 0.3) is 0 Å². The van der Waals surface area contributed by atoms with Crippen LogP contribution in [0.3, 0.4) is 0 Å². The van der Waals surface area contributed by atoms with Crippen molar-refractivity contribution in [1.29, 1.82) is 0 Å². The van der Waals surface area contributed by atoms with Crippen LogP contribution in [0.5, 0.6) is 0 Å². The Balaban J connectivity index is 1.56. The summed E-state index contributed by atoms with van der Waals surface area (Å²) in [6.07, 6.45) is 8.37. The van der Waals surface area contributed by atoms with Gasteiger partial charge in [-0.25, -0.2) is 0 Å². The zero-order valence-electron chi connectivity index (χ0n) is 11.2. The Bertz CT molecular complexity index is 265. The lowest BCUT2D eigenvalue weighted by Gasteiger charge is -2.20. The van der Waals surface area contributed by atoms with Gasteiger partial charge in [0, 0.05) is 19.5 Å². The zero-order valence-corrected chi connectivity index (χ0v) is 12.0. The molecule has 2 heterocycles. The highest BCUT2D eigenvalue weighted by Gasteiger charge is 2.27. The quantitative estimate of drug-likeness (QED) is 0.567. The first-order chi connectivity index (χ1) is 8.75. The van der Waals surface area contributed by atoms with E-state index in [9.17, 15) is 4.79 Å². The number of hydrogen-bond donors (Lipinski definition) is 0. The summed E-state index contributed by atoms with van der Waals surface area (Å²) in [6.45, 7) is 5.39. The summed E-state index contributed by atoms with van der Waals surface area (Å²) >= 11 is 5.98. The van der Waals surface area contributed by atoms with Gasteiger partial charge in [0.2, 0.25) is 5.91 Å². The molecule has 2 aliphatic heterocycles. The second-order valence-corrected chi connectivity index (χ2v) is 6.22. The van der Waals surface area contributed by atoms with Gasteiger partial charge >= 0.3 is 0 Å². The van der Waals surface area contributed by atoms with Crippen LogP contribution in [0.2, 0.25) is 0 Å². The van der Waals surface area contributed by atoms with Crippen molar-refractivity contribution in [2.75, 3.05) is 32.7 Å². The number of amides is 1. The number of rotatable bonds is 5. The summed E-state index contributed by atoms with van der Waals surface area (Å²) in [5.41, 5.74) is 0. The van der Waals surface area contributed by atoms with Crippen LogP contribution < -0.4 is 0 Å². The topological polar surface area (TPSA) is 23.6 Å². The second-order valence-electron chi connectivity index (χ2n) is 5.60. The first-order valence-electron chi connectivity index (χ1n) is 7.40. The third-order valence-corrected chi connectivity index (χ3v) is 4.31. The fourth-order valence-electron chi connectivity index (χ4n) is 2.94. The van der Waals surface area contributed by atoms with Crippen LogP contribution in [0.4, 0.5) is 0 Å². The van der Waals surface area contributed by atoms with E-state index in [4.69, 9.17) is 11.6 Å². The Labute approximate surface area is 115 Å². The molecule has 1 unspecified atom stereocenters. The van der Waals surface area contributed by atoms with Crippen molar-refractivity contribution in [2.24, 2.45) is 0 Å². The molecular weight excluding hydrogens is 248 g/mol. The smallest absolute Gasteiger partial charge is 0.224 e. The number of hydrogen-bond acceptors (Lipinski definition) is 2. The van der Waals surface area contributed by atoms with E-state index in [0.29, 0.717) is 6.42 Å². The Hall–Kier alpha value is -0.280. The maximum Gasteiger partial charge on any atom is 0.224 e. The predicted octanol–water partition coefficient (Wildman–Crippen LogP) is 2.48. The highest BCUT2D eigenvalue weighted by atomic mass is 35.5. The van der Waals surface area contributed by atoms with Crippen LogP contribution >= 0.6 is 11.6 Å². The Morgan fingerprint density at radius 3 is 2.33 bits per heavy atom. The van der Waals surface area contributed by atoms with Crippen LogP contribution in [-0.2, 0) is 4.79 Å². The Kier molecular flexibility index (Phi) is 5.77. The average molecular weight is 273 g/mol. The van der Waals surface area contributed by atoms with Crippen molar-refractivity contribution in [3.8, 4) is 0 Å². The monoisotopic (exact) mass is 272 g/mol. The number of halogens is 1. The van der Waals surface area contributed by atoms with Gasteiger partial charge in [-0.3, -0.25) is 4.79 Å². The molecular formula is C14H25ClN2O. The number of alkyl halides is 1. The van der Waals surface area contributed by atoms with E-state index >= 15 is 0 Å². The van der Waals surface area contributed by atoms with Crippen LogP contribution in [0, 0.1) is 0 Å². The maximum atomic E-state index is 11.6. The number of carbonyl (C=O) groups is 1. The van der Waals surface area contributed by atoms with E-state index in [1.54, 1.807) is 0 Å². The van der Waals surface area contributed by atoms with Crippen molar-refractivity contribution < 1.29 is 4.79 Å². The molecule has 2 rings (SSSR count). The lowest BCUT2D eigenvalue weighted by atomic mass is 10.2. The van der Waals surface area contributed by atoms with Crippen molar-refractivity contribution in [2.45, 2.75) is 50.3 Å². The van der Waals surface area contributed by atoms with Gasteiger partial charge in [0.15, 0.2) is 0 Å². The molecule has 1 amide bonds. The summed E-state index contributed by atoms with van der Waals surface area (Å²) in [5, 5.41) is 0.0445. The fraction of sp³-hybridized carbons (Fsp3) is 0.929. The van der Waals surface area contributed by atoms with E-state index in [-0.39, 0.29) is 11.3 Å². The SMILES string of the molecule is O=C1CC(Cl)CN1CCCCN1CCCCCC1. The van der Waals surface area contributed by atoms with Gasteiger partial charge in [-0.15, -0.1) is 11.6 Å². The molecule has 2 fully saturated rings. The van der Waals surface area contributed by atoms with Gasteiger partial charge in [-0.2, -0.15) is 0 Å². The Morgan fingerprint density at radius 2 is 1.72 bits per heavy atom. The molecule has 0 saturated carbocycles. The van der Waals surface area contributed by atoms with Crippen LogP contribution in [0.15, 0.2) is 0 Å². The minimum atomic E-state index is 0.0445. The van der Waals surface area contributed by atoms with Gasteiger partial charge in [0.05, 0.1) is 5.38 Å². The first kappa shape index (κ1) is 14.1. The van der Waals surface area contributed by atoms with Gasteiger partial charge < -0.3 is 9.80 Å². The van der Waals surface area contributed by atoms with Gasteiger partial charge in [-0.05, 0) is 45.3 Å². The third kappa shape index (κ3) is 4.43. The molecule has 3 nitrogen and oxygen atoms in total. The summed E-state index contributed by atoms with van der Waals surface area (Å²) < 4.78 is 0. The van der Waals surface area contributed by atoms with Crippen molar-refractivity contribution >= 4 is 17.5 Å². The summed E-state index contributed by atoms with van der Waals surface area (Å²) in [6, 6.07) is 0. The zero-order chi connectivity index (χ0) is 12.8. The van der Waals surface area contributed by atoms with Gasteiger partial charge in [0.1, 0.15) is 0 Å². The summed E-state index contributed by atoms with van der Waals surface area (Å²) in [7, 11) is 0. The van der Waals surface area contributed by atoms with Crippen molar-refractivity contribution in [1.82, 2.24) is 9.80 Å². The molecule has 0 aliphatic carbocycles. The predicted molar refractivity (Wildman–Crippen MR) is 75.0 cm³/mol. The van der Waals surface area contributed by atoms with E-state index in [2.05, 4.69) is 4.90 Å². The molecule has 4 heteroatoms. The lowest BCUT2D eigenvalue weighted by Crippen LogP contribution is -2.29. The molecule has 104 valence electrons. The maximum absolute atomic E-state index is 11.6. The van der Waals surface area contributed by atoms with E-state index in [1.165, 1.54) is 51.7 Å². The van der Waals surface area contributed by atoms with Crippen molar-refractivity contribution in [3.63, 3.8) is 0 Å². The van der Waals surface area contributed by atoms with Gasteiger partial charge in [-0.1, -0.05) is 12.8 Å². The summed E-state index contributed by atoms with van der Waals surface area (Å²) in [4.78, 5) is 16.1. The highest BCUT2D eigenvalue weighted by Crippen LogP contribution is 2.17. The molecule has 18 heavy (non-hydrogen) atoms. The molecule has 2 saturated heterocycles. The average Bonchev–Trinajstić information content (AvgIpc) is 2.57. The van der Waals surface area contributed by atoms with Crippen LogP contribution in [0.1, 0.15) is 44.9 Å². The van der Waals surface area contributed by atoms with E-state index in [1.807, 2.05) is 4.90 Å². The van der Waals surface area contributed by atoms with E-state index < -0.39 is 0 Å². The normalized spacial score (nSPS) is 26.6. The van der Waals surface area contributed by atoms with E-state index in [0.717, 1.165) is 19.5 Å². The minimum Gasteiger partial charge on any atom is -0.341 e. The first-order valence-corrected chi connectivity index (χ1v) is 7.83. The third-order valence-electron chi connectivity index (χ3n) is 4.02. The van der Waals surface area contributed by atoms with Crippen molar-refractivity contribution in [3.05, 3.63) is 0 Å². The lowest BCUT2D eigenvalue weighted by molar-refractivity contribution is -0.127. The summed E-state index contributed by atoms with van der Waals surface area (Å²) in [5.74, 6) is 0.241. The fourth-order valence-corrected chi connectivity index (χ4v) is 3.24. The molecule has 0 spiro atoms. The molecule has 0 aromatic carbocycles. The number of carbonyl (C=O) groups excluding carboxylic acids is 1. The second kappa shape index (κ2) is 7.34. The van der Waals surface area contributed by atoms with Crippen LogP contribution in [-0.4, -0.2) is 53.8 Å². The molecule has 0 radical (unpaired) electrons. The largest absolute Gasteiger partial charge is 0.341 e. The molecule has 2 aliphatic rings. The number of likely N-dealkylation sites (tertiary alicyclic amines) is 2. The molecule has 0 aromatic rings. The Morgan fingerprint density at radius 1 is 1.06 bits per heavy atom. The minimum absolute atomic E-state index is 0.0445.